The molecular weight excluding hydrogens is 373 g/mol. The van der Waals surface area contributed by atoms with E-state index in [1.54, 1.807) is 18.2 Å². The minimum absolute atomic E-state index is 0.106. The molecule has 2 aromatic rings. The summed E-state index contributed by atoms with van der Waals surface area (Å²) < 4.78 is 35.0. The summed E-state index contributed by atoms with van der Waals surface area (Å²) >= 11 is 0. The number of carbonyl (C=O) groups excluding carboxylic acids is 1. The van der Waals surface area contributed by atoms with Gasteiger partial charge in [0.05, 0.1) is 0 Å². The average Bonchev–Trinajstić information content (AvgIpc) is 3.14. The second kappa shape index (κ2) is 8.77. The molecule has 0 fully saturated rings. The van der Waals surface area contributed by atoms with E-state index in [1.807, 2.05) is 0 Å². The zero-order chi connectivity index (χ0) is 20.1. The third-order valence-electron chi connectivity index (χ3n) is 4.21. The third kappa shape index (κ3) is 4.44. The number of phenols is 1. The van der Waals surface area contributed by atoms with Crippen molar-refractivity contribution in [3.63, 3.8) is 0 Å². The zero-order valence-electron chi connectivity index (χ0n) is 15.1. The number of anilines is 1. The van der Waals surface area contributed by atoms with E-state index in [1.165, 1.54) is 13.2 Å². The Bertz CT molecular complexity index is 845. The maximum absolute atomic E-state index is 13.8. The van der Waals surface area contributed by atoms with Crippen LogP contribution in [0.2, 0.25) is 0 Å². The summed E-state index contributed by atoms with van der Waals surface area (Å²) in [5, 5.41) is 21.2. The van der Waals surface area contributed by atoms with Crippen molar-refractivity contribution in [1.82, 2.24) is 0 Å². The Kier molecular flexibility index (Phi) is 6.17. The van der Waals surface area contributed by atoms with Crippen LogP contribution in [0.25, 0.3) is 0 Å². The van der Waals surface area contributed by atoms with Crippen molar-refractivity contribution >= 4 is 11.8 Å². The smallest absolute Gasteiger partial charge is 0.412 e. The number of carbonyl (C=O) groups is 1. The molecule has 0 spiro atoms. The van der Waals surface area contributed by atoms with Gasteiger partial charge in [0.1, 0.15) is 6.10 Å². The van der Waals surface area contributed by atoms with Gasteiger partial charge in [-0.1, -0.05) is 6.07 Å². The summed E-state index contributed by atoms with van der Waals surface area (Å²) in [6.45, 7) is -0.114. The fraction of sp³-hybridized carbons (Fsp3) is 0.316. The van der Waals surface area contributed by atoms with Gasteiger partial charge in [0, 0.05) is 31.9 Å². The van der Waals surface area contributed by atoms with Gasteiger partial charge < -0.3 is 29.2 Å². The molecule has 8 nitrogen and oxygen atoms in total. The van der Waals surface area contributed by atoms with Crippen molar-refractivity contribution in [2.75, 3.05) is 25.8 Å². The summed E-state index contributed by atoms with van der Waals surface area (Å²) in [5.74, 6) is -0.326. The predicted molar refractivity (Wildman–Crippen MR) is 96.0 cm³/mol. The van der Waals surface area contributed by atoms with E-state index in [0.29, 0.717) is 17.2 Å². The number of aliphatic hydroxyl groups excluding tert-OH is 1. The first-order valence-electron chi connectivity index (χ1n) is 8.51. The Hall–Kier alpha value is -3.04. The number of methoxy groups -OCH3 is 1. The summed E-state index contributed by atoms with van der Waals surface area (Å²) in [6, 6.07) is 8.47. The molecule has 150 valence electrons. The average molecular weight is 393 g/mol. The molecule has 28 heavy (non-hydrogen) atoms. The number of hydrogen-bond acceptors (Lipinski definition) is 7. The van der Waals surface area contributed by atoms with Crippen LogP contribution >= 0.6 is 0 Å². The molecule has 2 atom stereocenters. The van der Waals surface area contributed by atoms with E-state index in [4.69, 9.17) is 18.9 Å². The van der Waals surface area contributed by atoms with Crippen LogP contribution in [0, 0.1) is 5.82 Å². The topological polar surface area (TPSA) is 106 Å². The fourth-order valence-corrected chi connectivity index (χ4v) is 2.82. The van der Waals surface area contributed by atoms with Crippen LogP contribution in [-0.4, -0.2) is 42.9 Å². The first-order chi connectivity index (χ1) is 13.5. The van der Waals surface area contributed by atoms with Gasteiger partial charge in [-0.05, 0) is 29.8 Å². The molecule has 1 amide bonds. The molecule has 0 saturated heterocycles. The standard InChI is InChI=1S/C19H20FNO7/c1-25-16(6-7-22)18(11-2-4-14(23)13(20)8-11)28-19(24)21-12-3-5-15-17(9-12)27-10-26-15/h2-5,8-9,16,18,22-23H,6-7,10H2,1H3,(H,21,24)/t16-,18-/m1/s1. The normalized spacial score (nSPS) is 14.4. The highest BCUT2D eigenvalue weighted by molar-refractivity contribution is 5.85. The molecular formula is C19H20FNO7. The SMILES string of the molecule is CO[C@H](CCO)[C@H](OC(=O)Nc1ccc2c(c1)OCO2)c1ccc(O)c(F)c1. The van der Waals surface area contributed by atoms with Crippen molar-refractivity contribution < 1.29 is 38.3 Å². The molecule has 1 aliphatic rings. The van der Waals surface area contributed by atoms with E-state index in [2.05, 4.69) is 5.32 Å². The third-order valence-corrected chi connectivity index (χ3v) is 4.21. The van der Waals surface area contributed by atoms with Crippen LogP contribution in [0.1, 0.15) is 18.1 Å². The number of halogens is 1. The molecule has 0 radical (unpaired) electrons. The van der Waals surface area contributed by atoms with E-state index < -0.39 is 29.9 Å². The molecule has 0 aliphatic carbocycles. The maximum atomic E-state index is 13.8. The number of hydrogen-bond donors (Lipinski definition) is 3. The molecule has 9 heteroatoms. The monoisotopic (exact) mass is 393 g/mol. The molecule has 0 aromatic heterocycles. The van der Waals surface area contributed by atoms with Crippen molar-refractivity contribution in [3.8, 4) is 17.2 Å². The number of amides is 1. The fourth-order valence-electron chi connectivity index (χ4n) is 2.82. The molecule has 0 saturated carbocycles. The molecule has 0 unspecified atom stereocenters. The predicted octanol–water partition coefficient (Wildman–Crippen LogP) is 2.95. The summed E-state index contributed by atoms with van der Waals surface area (Å²) in [4.78, 5) is 12.4. The van der Waals surface area contributed by atoms with Gasteiger partial charge in [0.25, 0.3) is 0 Å². The first-order valence-corrected chi connectivity index (χ1v) is 8.51. The van der Waals surface area contributed by atoms with Crippen LogP contribution < -0.4 is 14.8 Å². The Balaban J connectivity index is 1.77. The molecule has 0 bridgehead atoms. The second-order valence-electron chi connectivity index (χ2n) is 6.02. The first kappa shape index (κ1) is 19.7. The maximum Gasteiger partial charge on any atom is 0.412 e. The van der Waals surface area contributed by atoms with Crippen molar-refractivity contribution in [2.45, 2.75) is 18.6 Å². The summed E-state index contributed by atoms with van der Waals surface area (Å²) in [5.41, 5.74) is 0.692. The van der Waals surface area contributed by atoms with Crippen LogP contribution in [0.4, 0.5) is 14.9 Å². The minimum Gasteiger partial charge on any atom is -0.505 e. The zero-order valence-corrected chi connectivity index (χ0v) is 15.1. The number of aliphatic hydroxyl groups is 1. The number of aromatic hydroxyl groups is 1. The minimum atomic E-state index is -1.01. The van der Waals surface area contributed by atoms with E-state index in [-0.39, 0.29) is 25.4 Å². The number of benzene rings is 2. The van der Waals surface area contributed by atoms with Crippen molar-refractivity contribution in [3.05, 3.63) is 47.8 Å². The quantitative estimate of drug-likeness (QED) is 0.664. The van der Waals surface area contributed by atoms with Crippen LogP contribution in [0.5, 0.6) is 17.2 Å². The van der Waals surface area contributed by atoms with Crippen molar-refractivity contribution in [2.24, 2.45) is 0 Å². The number of phenolic OH excluding ortho intramolecular Hbond substituents is 1. The molecule has 3 N–H and O–H groups in total. The largest absolute Gasteiger partial charge is 0.505 e. The van der Waals surface area contributed by atoms with Crippen LogP contribution in [0.3, 0.4) is 0 Å². The number of fused-ring (bicyclic) bond motifs is 1. The molecule has 1 heterocycles. The lowest BCUT2D eigenvalue weighted by Gasteiger charge is -2.26. The van der Waals surface area contributed by atoms with Gasteiger partial charge in [-0.3, -0.25) is 5.32 Å². The number of nitrogens with one attached hydrogen (secondary N) is 1. The Morgan fingerprint density at radius 3 is 2.75 bits per heavy atom. The van der Waals surface area contributed by atoms with E-state index >= 15 is 0 Å². The highest BCUT2D eigenvalue weighted by Gasteiger charge is 2.28. The Morgan fingerprint density at radius 2 is 2.04 bits per heavy atom. The molecule has 3 rings (SSSR count). The summed E-state index contributed by atoms with van der Waals surface area (Å²) in [7, 11) is 1.39. The second-order valence-corrected chi connectivity index (χ2v) is 6.02. The van der Waals surface area contributed by atoms with Gasteiger partial charge in [-0.2, -0.15) is 0 Å². The Morgan fingerprint density at radius 1 is 1.25 bits per heavy atom. The Labute approximate surface area is 160 Å². The van der Waals surface area contributed by atoms with Crippen LogP contribution in [0.15, 0.2) is 36.4 Å². The highest BCUT2D eigenvalue weighted by atomic mass is 19.1. The molecule has 1 aliphatic heterocycles. The van der Waals surface area contributed by atoms with Gasteiger partial charge in [-0.15, -0.1) is 0 Å². The van der Waals surface area contributed by atoms with Crippen molar-refractivity contribution in [1.29, 1.82) is 0 Å². The van der Waals surface area contributed by atoms with E-state index in [0.717, 1.165) is 12.1 Å². The lowest BCUT2D eigenvalue weighted by molar-refractivity contribution is -0.0307. The van der Waals surface area contributed by atoms with Gasteiger partial charge in [-0.25, -0.2) is 9.18 Å². The van der Waals surface area contributed by atoms with Gasteiger partial charge in [0.2, 0.25) is 6.79 Å². The lowest BCUT2D eigenvalue weighted by Crippen LogP contribution is -2.29. The van der Waals surface area contributed by atoms with Gasteiger partial charge in [0.15, 0.2) is 29.2 Å². The highest BCUT2D eigenvalue weighted by Crippen LogP contribution is 2.34. The number of ether oxygens (including phenoxy) is 4. The summed E-state index contributed by atoms with van der Waals surface area (Å²) in [6.07, 6.45) is -2.39. The van der Waals surface area contributed by atoms with Gasteiger partial charge >= 0.3 is 6.09 Å². The van der Waals surface area contributed by atoms with Crippen LogP contribution in [-0.2, 0) is 9.47 Å². The molecule has 2 aromatic carbocycles. The lowest BCUT2D eigenvalue weighted by atomic mass is 10.0. The van der Waals surface area contributed by atoms with E-state index in [9.17, 15) is 19.4 Å². The number of rotatable bonds is 7.